The highest BCUT2D eigenvalue weighted by atomic mass is 16.5. The number of aliphatic hydroxyl groups excluding tert-OH is 1. The Labute approximate surface area is 98.9 Å². The molecule has 0 saturated heterocycles. The molecule has 4 nitrogen and oxygen atoms in total. The molecule has 1 aliphatic rings. The second-order valence-corrected chi connectivity index (χ2v) is 4.04. The van der Waals surface area contributed by atoms with Crippen LogP contribution in [0.1, 0.15) is 22.8 Å². The van der Waals surface area contributed by atoms with Gasteiger partial charge in [-0.3, -0.25) is 0 Å². The Morgan fingerprint density at radius 2 is 2.00 bits per heavy atom. The number of ether oxygens (including phenoxy) is 1. The fourth-order valence-electron chi connectivity index (χ4n) is 2.02. The molecular formula is C13H12N2O2. The van der Waals surface area contributed by atoms with Crippen LogP contribution in [0.25, 0.3) is 0 Å². The zero-order chi connectivity index (χ0) is 11.7. The summed E-state index contributed by atoms with van der Waals surface area (Å²) in [6, 6.07) is 5.77. The molecular weight excluding hydrogens is 216 g/mol. The zero-order valence-corrected chi connectivity index (χ0v) is 9.21. The Kier molecular flexibility index (Phi) is 2.49. The average molecular weight is 228 g/mol. The normalized spacial score (nSPS) is 15.1. The van der Waals surface area contributed by atoms with Crippen molar-refractivity contribution < 1.29 is 9.84 Å². The van der Waals surface area contributed by atoms with Crippen molar-refractivity contribution in [2.75, 3.05) is 6.61 Å². The monoisotopic (exact) mass is 228 g/mol. The third kappa shape index (κ3) is 1.87. The maximum Gasteiger partial charge on any atom is 0.122 e. The van der Waals surface area contributed by atoms with Gasteiger partial charge in [-0.25, -0.2) is 9.97 Å². The van der Waals surface area contributed by atoms with Crippen LogP contribution in [0.4, 0.5) is 0 Å². The van der Waals surface area contributed by atoms with E-state index in [2.05, 4.69) is 9.97 Å². The van der Waals surface area contributed by atoms with E-state index in [1.54, 1.807) is 12.4 Å². The van der Waals surface area contributed by atoms with Gasteiger partial charge in [-0.15, -0.1) is 0 Å². The van der Waals surface area contributed by atoms with Crippen LogP contribution in [0.15, 0.2) is 36.9 Å². The van der Waals surface area contributed by atoms with Gasteiger partial charge in [0.05, 0.1) is 6.61 Å². The smallest absolute Gasteiger partial charge is 0.122 e. The highest BCUT2D eigenvalue weighted by Gasteiger charge is 2.16. The van der Waals surface area contributed by atoms with Crippen LogP contribution in [0.2, 0.25) is 0 Å². The van der Waals surface area contributed by atoms with Crippen LogP contribution in [0.5, 0.6) is 5.75 Å². The fraction of sp³-hybridized carbons (Fsp3) is 0.231. The Morgan fingerprint density at radius 1 is 1.18 bits per heavy atom. The van der Waals surface area contributed by atoms with Crippen molar-refractivity contribution >= 4 is 0 Å². The molecule has 0 radical (unpaired) electrons. The molecule has 1 aromatic carbocycles. The molecule has 1 aliphatic heterocycles. The first-order chi connectivity index (χ1) is 8.34. The lowest BCUT2D eigenvalue weighted by molar-refractivity contribution is 0.219. The molecule has 0 aliphatic carbocycles. The first-order valence-electron chi connectivity index (χ1n) is 5.53. The Hall–Kier alpha value is -1.94. The maximum absolute atomic E-state index is 10.2. The van der Waals surface area contributed by atoms with Crippen molar-refractivity contribution in [2.24, 2.45) is 0 Å². The van der Waals surface area contributed by atoms with Crippen molar-refractivity contribution in [2.45, 2.75) is 12.5 Å². The molecule has 0 spiro atoms. The van der Waals surface area contributed by atoms with E-state index in [1.165, 1.54) is 6.33 Å². The van der Waals surface area contributed by atoms with E-state index in [1.807, 2.05) is 18.2 Å². The number of nitrogens with zero attached hydrogens (tertiary/aromatic N) is 2. The van der Waals surface area contributed by atoms with Crippen LogP contribution < -0.4 is 4.74 Å². The molecule has 0 saturated carbocycles. The lowest BCUT2D eigenvalue weighted by Crippen LogP contribution is -2.01. The SMILES string of the molecule is OC(c1cncnc1)c1ccc2c(c1)CCO2. The quantitative estimate of drug-likeness (QED) is 0.846. The zero-order valence-electron chi connectivity index (χ0n) is 9.21. The molecule has 1 aromatic heterocycles. The summed E-state index contributed by atoms with van der Waals surface area (Å²) in [4.78, 5) is 7.82. The van der Waals surface area contributed by atoms with Crippen molar-refractivity contribution in [3.05, 3.63) is 53.6 Å². The predicted octanol–water partition coefficient (Wildman–Crippen LogP) is 1.49. The van der Waals surface area contributed by atoms with E-state index in [-0.39, 0.29) is 0 Å². The van der Waals surface area contributed by atoms with Crippen molar-refractivity contribution in [3.8, 4) is 5.75 Å². The number of rotatable bonds is 2. The summed E-state index contributed by atoms with van der Waals surface area (Å²) in [6.45, 7) is 0.726. The average Bonchev–Trinajstić information content (AvgIpc) is 2.86. The van der Waals surface area contributed by atoms with Gasteiger partial charge in [0.15, 0.2) is 0 Å². The van der Waals surface area contributed by atoms with Gasteiger partial charge in [0.2, 0.25) is 0 Å². The van der Waals surface area contributed by atoms with E-state index in [0.29, 0.717) is 5.56 Å². The summed E-state index contributed by atoms with van der Waals surface area (Å²) in [5, 5.41) is 10.2. The highest BCUT2D eigenvalue weighted by Crippen LogP contribution is 2.29. The molecule has 2 heterocycles. The molecule has 17 heavy (non-hydrogen) atoms. The molecule has 0 fully saturated rings. The van der Waals surface area contributed by atoms with Crippen molar-refractivity contribution in [1.29, 1.82) is 0 Å². The summed E-state index contributed by atoms with van der Waals surface area (Å²) < 4.78 is 5.43. The van der Waals surface area contributed by atoms with Gasteiger partial charge in [0.1, 0.15) is 18.2 Å². The van der Waals surface area contributed by atoms with Gasteiger partial charge < -0.3 is 9.84 Å². The highest BCUT2D eigenvalue weighted by molar-refractivity contribution is 5.42. The topological polar surface area (TPSA) is 55.2 Å². The number of aliphatic hydroxyl groups is 1. The number of benzene rings is 1. The molecule has 1 unspecified atom stereocenters. The third-order valence-electron chi connectivity index (χ3n) is 2.93. The van der Waals surface area contributed by atoms with E-state index in [0.717, 1.165) is 29.9 Å². The minimum absolute atomic E-state index is 0.679. The Balaban J connectivity index is 1.94. The molecule has 4 heteroatoms. The van der Waals surface area contributed by atoms with Gasteiger partial charge in [0, 0.05) is 24.4 Å². The van der Waals surface area contributed by atoms with Crippen molar-refractivity contribution in [1.82, 2.24) is 9.97 Å². The first kappa shape index (κ1) is 10.2. The molecule has 86 valence electrons. The van der Waals surface area contributed by atoms with E-state index in [9.17, 15) is 5.11 Å². The Morgan fingerprint density at radius 3 is 2.82 bits per heavy atom. The van der Waals surface area contributed by atoms with Crippen LogP contribution in [-0.4, -0.2) is 21.7 Å². The second-order valence-electron chi connectivity index (χ2n) is 4.04. The lowest BCUT2D eigenvalue weighted by atomic mass is 10.0. The maximum atomic E-state index is 10.2. The predicted molar refractivity (Wildman–Crippen MR) is 61.7 cm³/mol. The summed E-state index contributed by atoms with van der Waals surface area (Å²) >= 11 is 0. The standard InChI is InChI=1S/C13H12N2O2/c16-13(11-6-14-8-15-7-11)10-1-2-12-9(5-10)3-4-17-12/h1-2,5-8,13,16H,3-4H2. The van der Waals surface area contributed by atoms with E-state index >= 15 is 0 Å². The molecule has 1 N–H and O–H groups in total. The third-order valence-corrected chi connectivity index (χ3v) is 2.93. The minimum atomic E-state index is -0.679. The second kappa shape index (κ2) is 4.14. The number of aromatic nitrogens is 2. The van der Waals surface area contributed by atoms with Gasteiger partial charge in [-0.1, -0.05) is 6.07 Å². The summed E-state index contributed by atoms with van der Waals surface area (Å²) in [6.07, 6.45) is 4.93. The fourth-order valence-corrected chi connectivity index (χ4v) is 2.02. The largest absolute Gasteiger partial charge is 0.493 e. The van der Waals surface area contributed by atoms with Crippen LogP contribution in [0, 0.1) is 0 Å². The summed E-state index contributed by atoms with van der Waals surface area (Å²) in [5.41, 5.74) is 2.70. The minimum Gasteiger partial charge on any atom is -0.493 e. The van der Waals surface area contributed by atoms with Gasteiger partial charge in [0.25, 0.3) is 0 Å². The summed E-state index contributed by atoms with van der Waals surface area (Å²) in [7, 11) is 0. The lowest BCUT2D eigenvalue weighted by Gasteiger charge is -2.11. The van der Waals surface area contributed by atoms with Gasteiger partial charge >= 0.3 is 0 Å². The van der Waals surface area contributed by atoms with Gasteiger partial charge in [-0.05, 0) is 23.3 Å². The Bertz CT molecular complexity index is 528. The number of hydrogen-bond donors (Lipinski definition) is 1. The number of fused-ring (bicyclic) bond motifs is 1. The number of hydrogen-bond acceptors (Lipinski definition) is 4. The van der Waals surface area contributed by atoms with E-state index in [4.69, 9.17) is 4.74 Å². The van der Waals surface area contributed by atoms with Gasteiger partial charge in [-0.2, -0.15) is 0 Å². The molecule has 0 amide bonds. The van der Waals surface area contributed by atoms with Crippen LogP contribution in [0.3, 0.4) is 0 Å². The van der Waals surface area contributed by atoms with Crippen LogP contribution >= 0.6 is 0 Å². The first-order valence-corrected chi connectivity index (χ1v) is 5.53. The molecule has 1 atom stereocenters. The van der Waals surface area contributed by atoms with E-state index < -0.39 is 6.10 Å². The summed E-state index contributed by atoms with van der Waals surface area (Å²) in [5.74, 6) is 0.922. The van der Waals surface area contributed by atoms with Crippen LogP contribution in [-0.2, 0) is 6.42 Å². The molecule has 2 aromatic rings. The van der Waals surface area contributed by atoms with Crippen molar-refractivity contribution in [3.63, 3.8) is 0 Å². The molecule has 0 bridgehead atoms. The molecule has 3 rings (SSSR count).